The van der Waals surface area contributed by atoms with E-state index >= 15 is 0 Å². The van der Waals surface area contributed by atoms with E-state index in [0.29, 0.717) is 0 Å². The minimum atomic E-state index is 1.05. The topological polar surface area (TPSA) is 49.0 Å². The second kappa shape index (κ2) is 4.16. The zero-order valence-electron chi connectivity index (χ0n) is 7.22. The lowest BCUT2D eigenvalue weighted by molar-refractivity contribution is -0.645. The van der Waals surface area contributed by atoms with Gasteiger partial charge in [0.2, 0.25) is 0 Å². The highest BCUT2D eigenvalue weighted by Gasteiger charge is 1.98. The van der Waals surface area contributed by atoms with Crippen LogP contribution in [0.3, 0.4) is 0 Å². The maximum Gasteiger partial charge on any atom is 0.116 e. The van der Waals surface area contributed by atoms with E-state index in [0.717, 1.165) is 13.1 Å². The van der Waals surface area contributed by atoms with E-state index in [1.165, 1.54) is 11.4 Å². The van der Waals surface area contributed by atoms with Gasteiger partial charge in [-0.2, -0.15) is 0 Å². The first-order valence-corrected chi connectivity index (χ1v) is 4.09. The van der Waals surface area contributed by atoms with Gasteiger partial charge in [-0.05, 0) is 12.1 Å². The fourth-order valence-corrected chi connectivity index (χ4v) is 1.17. The largest absolute Gasteiger partial charge is 0.353 e. The third-order valence-electron chi connectivity index (χ3n) is 1.65. The standard InChI is InChI=1S/C8H15N3/c1-9-5-7-3-4-8(11-7)6-10-2/h3-4,9-11H,5-6H2,1-2H3/p+2. The van der Waals surface area contributed by atoms with Gasteiger partial charge < -0.3 is 15.6 Å². The molecule has 0 saturated heterocycles. The van der Waals surface area contributed by atoms with Gasteiger partial charge in [0.1, 0.15) is 13.1 Å². The van der Waals surface area contributed by atoms with Crippen LogP contribution >= 0.6 is 0 Å². The lowest BCUT2D eigenvalue weighted by atomic mass is 10.4. The van der Waals surface area contributed by atoms with Gasteiger partial charge in [-0.3, -0.25) is 0 Å². The van der Waals surface area contributed by atoms with Gasteiger partial charge in [0.15, 0.2) is 0 Å². The Morgan fingerprint density at radius 1 is 1.09 bits per heavy atom. The van der Waals surface area contributed by atoms with Gasteiger partial charge >= 0.3 is 0 Å². The van der Waals surface area contributed by atoms with Gasteiger partial charge in [-0.15, -0.1) is 0 Å². The zero-order valence-corrected chi connectivity index (χ0v) is 7.22. The number of aromatic amines is 1. The van der Waals surface area contributed by atoms with Crippen LogP contribution in [0.4, 0.5) is 0 Å². The Labute approximate surface area is 67.2 Å². The van der Waals surface area contributed by atoms with Crippen LogP contribution in [0.5, 0.6) is 0 Å². The molecule has 0 aliphatic carbocycles. The molecular weight excluding hydrogens is 138 g/mol. The molecule has 0 spiro atoms. The maximum absolute atomic E-state index is 3.35. The number of hydrogen-bond donors (Lipinski definition) is 3. The minimum absolute atomic E-state index is 1.05. The number of nitrogens with two attached hydrogens (primary N) is 2. The highest BCUT2D eigenvalue weighted by atomic mass is 14.9. The van der Waals surface area contributed by atoms with Crippen LogP contribution in [0.15, 0.2) is 12.1 Å². The van der Waals surface area contributed by atoms with E-state index in [-0.39, 0.29) is 0 Å². The quantitative estimate of drug-likeness (QED) is 0.469. The predicted molar refractivity (Wildman–Crippen MR) is 43.9 cm³/mol. The number of H-pyrrole nitrogens is 1. The van der Waals surface area contributed by atoms with E-state index in [9.17, 15) is 0 Å². The molecule has 1 rings (SSSR count). The maximum atomic E-state index is 3.35. The summed E-state index contributed by atoms with van der Waals surface area (Å²) >= 11 is 0. The summed E-state index contributed by atoms with van der Waals surface area (Å²) in [4.78, 5) is 3.35. The molecule has 0 aromatic carbocycles. The van der Waals surface area contributed by atoms with E-state index in [1.54, 1.807) is 0 Å². The van der Waals surface area contributed by atoms with Crippen molar-refractivity contribution in [2.45, 2.75) is 13.1 Å². The Kier molecular flexibility index (Phi) is 3.14. The Balaban J connectivity index is 2.51. The summed E-state index contributed by atoms with van der Waals surface area (Å²) in [6.07, 6.45) is 0. The van der Waals surface area contributed by atoms with Crippen molar-refractivity contribution in [3.63, 3.8) is 0 Å². The van der Waals surface area contributed by atoms with Crippen LogP contribution in [0.1, 0.15) is 11.4 Å². The number of aromatic nitrogens is 1. The molecule has 1 aromatic heterocycles. The molecule has 0 aliphatic heterocycles. The molecule has 5 N–H and O–H groups in total. The molecule has 0 atom stereocenters. The number of hydrogen-bond acceptors (Lipinski definition) is 0. The number of nitrogens with one attached hydrogen (secondary N) is 1. The lowest BCUT2D eigenvalue weighted by Crippen LogP contribution is -2.78. The Morgan fingerprint density at radius 3 is 1.91 bits per heavy atom. The second-order valence-electron chi connectivity index (χ2n) is 2.73. The fraction of sp³-hybridized carbons (Fsp3) is 0.500. The van der Waals surface area contributed by atoms with E-state index in [4.69, 9.17) is 0 Å². The zero-order chi connectivity index (χ0) is 8.10. The van der Waals surface area contributed by atoms with Crippen molar-refractivity contribution >= 4 is 0 Å². The Hall–Kier alpha value is -0.800. The molecule has 0 bridgehead atoms. The van der Waals surface area contributed by atoms with E-state index in [1.807, 2.05) is 0 Å². The van der Waals surface area contributed by atoms with Crippen molar-refractivity contribution in [3.05, 3.63) is 23.5 Å². The molecule has 0 aliphatic rings. The van der Waals surface area contributed by atoms with Gasteiger partial charge in [-0.25, -0.2) is 0 Å². The van der Waals surface area contributed by atoms with Gasteiger partial charge in [-0.1, -0.05) is 0 Å². The average molecular weight is 155 g/mol. The number of quaternary nitrogens is 2. The summed E-state index contributed by atoms with van der Waals surface area (Å²) in [5.74, 6) is 0. The second-order valence-corrected chi connectivity index (χ2v) is 2.73. The molecule has 3 heteroatoms. The van der Waals surface area contributed by atoms with Crippen molar-refractivity contribution in [2.75, 3.05) is 14.1 Å². The molecule has 11 heavy (non-hydrogen) atoms. The molecule has 1 heterocycles. The molecule has 3 nitrogen and oxygen atoms in total. The smallest absolute Gasteiger partial charge is 0.116 e. The first kappa shape index (κ1) is 8.30. The monoisotopic (exact) mass is 155 g/mol. The molecule has 0 radical (unpaired) electrons. The highest BCUT2D eigenvalue weighted by Crippen LogP contribution is 1.97. The van der Waals surface area contributed by atoms with Crippen LogP contribution in [0.2, 0.25) is 0 Å². The van der Waals surface area contributed by atoms with E-state index < -0.39 is 0 Å². The first-order valence-electron chi connectivity index (χ1n) is 4.09. The Morgan fingerprint density at radius 2 is 1.55 bits per heavy atom. The first-order chi connectivity index (χ1) is 5.36. The lowest BCUT2D eigenvalue weighted by Gasteiger charge is -1.92. The summed E-state index contributed by atoms with van der Waals surface area (Å²) in [5, 5.41) is 4.32. The molecule has 0 unspecified atom stereocenters. The summed E-state index contributed by atoms with van der Waals surface area (Å²) in [6, 6.07) is 4.30. The van der Waals surface area contributed by atoms with Crippen molar-refractivity contribution in [2.24, 2.45) is 0 Å². The summed E-state index contributed by atoms with van der Waals surface area (Å²) in [6.45, 7) is 2.09. The predicted octanol–water partition coefficient (Wildman–Crippen LogP) is -1.60. The van der Waals surface area contributed by atoms with Gasteiger partial charge in [0.25, 0.3) is 0 Å². The molecule has 0 saturated carbocycles. The average Bonchev–Trinajstić information content (AvgIpc) is 2.38. The van der Waals surface area contributed by atoms with Crippen LogP contribution in [-0.2, 0) is 13.1 Å². The van der Waals surface area contributed by atoms with E-state index in [2.05, 4.69) is 41.8 Å². The van der Waals surface area contributed by atoms with Crippen molar-refractivity contribution in [3.8, 4) is 0 Å². The van der Waals surface area contributed by atoms with Crippen molar-refractivity contribution in [1.82, 2.24) is 4.98 Å². The molecular formula is C8H17N3+2. The third-order valence-corrected chi connectivity index (χ3v) is 1.65. The highest BCUT2D eigenvalue weighted by molar-refractivity contribution is 5.10. The molecule has 1 aromatic rings. The van der Waals surface area contributed by atoms with Crippen LogP contribution in [0, 0.1) is 0 Å². The summed E-state index contributed by atoms with van der Waals surface area (Å²) in [5.41, 5.74) is 2.62. The normalized spacial score (nSPS) is 10.4. The summed E-state index contributed by atoms with van der Waals surface area (Å²) in [7, 11) is 4.15. The number of rotatable bonds is 4. The fourth-order valence-electron chi connectivity index (χ4n) is 1.17. The molecule has 0 amide bonds. The SMILES string of the molecule is C[NH2+]Cc1ccc(C[NH2+]C)[nH]1. The molecule has 62 valence electrons. The minimum Gasteiger partial charge on any atom is -0.353 e. The van der Waals surface area contributed by atoms with Crippen LogP contribution in [-0.4, -0.2) is 19.1 Å². The van der Waals surface area contributed by atoms with Crippen LogP contribution < -0.4 is 10.6 Å². The van der Waals surface area contributed by atoms with Crippen molar-refractivity contribution < 1.29 is 10.6 Å². The van der Waals surface area contributed by atoms with Gasteiger partial charge in [0, 0.05) is 0 Å². The third kappa shape index (κ3) is 2.37. The van der Waals surface area contributed by atoms with Gasteiger partial charge in [0.05, 0.1) is 25.5 Å². The van der Waals surface area contributed by atoms with Crippen molar-refractivity contribution in [1.29, 1.82) is 0 Å². The molecule has 0 fully saturated rings. The van der Waals surface area contributed by atoms with Crippen LogP contribution in [0.25, 0.3) is 0 Å². The summed E-state index contributed by atoms with van der Waals surface area (Å²) < 4.78 is 0. The Bertz CT molecular complexity index is 184.